The molecule has 0 bridgehead atoms. The Morgan fingerprint density at radius 3 is 2.84 bits per heavy atom. The second-order valence-electron chi connectivity index (χ2n) is 5.92. The first kappa shape index (κ1) is 13.5. The number of halogens is 1. The van der Waals surface area contributed by atoms with E-state index in [2.05, 4.69) is 23.8 Å². The van der Waals surface area contributed by atoms with Gasteiger partial charge in [0.1, 0.15) is 0 Å². The van der Waals surface area contributed by atoms with Gasteiger partial charge in [0.05, 0.1) is 10.4 Å². The van der Waals surface area contributed by atoms with Gasteiger partial charge in [-0.05, 0) is 50.7 Å². The molecule has 0 amide bonds. The van der Waals surface area contributed by atoms with Gasteiger partial charge in [0.25, 0.3) is 0 Å². The highest BCUT2D eigenvalue weighted by molar-refractivity contribution is 7.16. The molecule has 1 aromatic heterocycles. The van der Waals surface area contributed by atoms with Crippen LogP contribution in [0.4, 0.5) is 0 Å². The smallest absolute Gasteiger partial charge is 0.0934 e. The van der Waals surface area contributed by atoms with Gasteiger partial charge >= 0.3 is 0 Å². The Kier molecular flexibility index (Phi) is 3.64. The van der Waals surface area contributed by atoms with Crippen molar-refractivity contribution in [1.82, 2.24) is 4.90 Å². The lowest BCUT2D eigenvalue weighted by molar-refractivity contribution is 0.133. The summed E-state index contributed by atoms with van der Waals surface area (Å²) in [5, 5.41) is 0. The lowest BCUT2D eigenvalue weighted by Gasteiger charge is -2.45. The molecule has 0 N–H and O–H groups in total. The minimum atomic E-state index is 0.271. The monoisotopic (exact) mass is 293 g/mol. The standard InChI is InChI=1S/C16H20ClNS/c1-3-12(2)18-9-7-16(8-10-18)6-4-5-13-11-14(17)19-15(13)16/h1,11-12H,4-10H2,2H3. The fourth-order valence-electron chi connectivity index (χ4n) is 3.68. The molecule has 1 aromatic rings. The van der Waals surface area contributed by atoms with E-state index in [1.165, 1.54) is 37.7 Å². The summed E-state index contributed by atoms with van der Waals surface area (Å²) < 4.78 is 0.964. The highest BCUT2D eigenvalue weighted by atomic mass is 35.5. The number of hydrogen-bond acceptors (Lipinski definition) is 2. The SMILES string of the molecule is C#CC(C)N1CCC2(CCCc3cc(Cl)sc32)CC1. The molecule has 1 spiro atoms. The largest absolute Gasteiger partial charge is 0.290 e. The molecule has 1 nitrogen and oxygen atoms in total. The molecular weight excluding hydrogens is 274 g/mol. The number of aryl methyl sites for hydroxylation is 1. The average Bonchev–Trinajstić information content (AvgIpc) is 2.81. The number of piperidine rings is 1. The molecule has 19 heavy (non-hydrogen) atoms. The zero-order valence-corrected chi connectivity index (χ0v) is 13.0. The van der Waals surface area contributed by atoms with Crippen LogP contribution in [0.2, 0.25) is 4.34 Å². The van der Waals surface area contributed by atoms with E-state index in [1.54, 1.807) is 4.88 Å². The summed E-state index contributed by atoms with van der Waals surface area (Å²) in [5.74, 6) is 2.86. The maximum absolute atomic E-state index is 6.24. The van der Waals surface area contributed by atoms with Crippen LogP contribution < -0.4 is 0 Å². The number of fused-ring (bicyclic) bond motifs is 2. The van der Waals surface area contributed by atoms with Crippen LogP contribution in [0, 0.1) is 12.3 Å². The first-order chi connectivity index (χ1) is 9.14. The van der Waals surface area contributed by atoms with E-state index in [-0.39, 0.29) is 6.04 Å². The van der Waals surface area contributed by atoms with Crippen molar-refractivity contribution in [2.75, 3.05) is 13.1 Å². The number of rotatable bonds is 1. The zero-order valence-electron chi connectivity index (χ0n) is 11.4. The number of likely N-dealkylation sites (tertiary alicyclic amines) is 1. The molecule has 0 aromatic carbocycles. The van der Waals surface area contributed by atoms with Crippen LogP contribution in [-0.2, 0) is 11.8 Å². The Morgan fingerprint density at radius 2 is 2.16 bits per heavy atom. The first-order valence-corrected chi connectivity index (χ1v) is 8.33. The summed E-state index contributed by atoms with van der Waals surface area (Å²) in [5.41, 5.74) is 1.91. The van der Waals surface area contributed by atoms with Crippen molar-refractivity contribution in [2.45, 2.75) is 50.5 Å². The normalized spacial score (nSPS) is 23.8. The lowest BCUT2D eigenvalue weighted by atomic mass is 9.69. The van der Waals surface area contributed by atoms with E-state index in [0.717, 1.165) is 17.4 Å². The molecule has 0 radical (unpaired) electrons. The highest BCUT2D eigenvalue weighted by Gasteiger charge is 2.41. The summed E-state index contributed by atoms with van der Waals surface area (Å²) in [4.78, 5) is 4.02. The van der Waals surface area contributed by atoms with E-state index in [4.69, 9.17) is 18.0 Å². The summed E-state index contributed by atoms with van der Waals surface area (Å²) in [6, 6.07) is 2.46. The number of nitrogens with zero attached hydrogens (tertiary/aromatic N) is 1. The Hall–Kier alpha value is -0.490. The minimum Gasteiger partial charge on any atom is -0.290 e. The van der Waals surface area contributed by atoms with Crippen LogP contribution in [0.15, 0.2) is 6.07 Å². The summed E-state index contributed by atoms with van der Waals surface area (Å²) in [7, 11) is 0. The third-order valence-electron chi connectivity index (χ3n) is 4.91. The van der Waals surface area contributed by atoms with Crippen LogP contribution in [0.3, 0.4) is 0 Å². The third kappa shape index (κ3) is 2.33. The molecule has 2 aliphatic rings. The Labute approximate surface area is 125 Å². The van der Waals surface area contributed by atoms with Gasteiger partial charge in [-0.2, -0.15) is 0 Å². The van der Waals surface area contributed by atoms with Crippen molar-refractivity contribution in [3.05, 3.63) is 20.8 Å². The molecule has 1 atom stereocenters. The van der Waals surface area contributed by atoms with E-state index in [1.807, 2.05) is 11.3 Å². The maximum Gasteiger partial charge on any atom is 0.0934 e. The molecule has 3 rings (SSSR count). The van der Waals surface area contributed by atoms with Crippen molar-refractivity contribution in [2.24, 2.45) is 0 Å². The minimum absolute atomic E-state index is 0.271. The van der Waals surface area contributed by atoms with E-state index in [0.29, 0.717) is 5.41 Å². The molecule has 0 saturated carbocycles. The van der Waals surface area contributed by atoms with Crippen molar-refractivity contribution >= 4 is 22.9 Å². The van der Waals surface area contributed by atoms with Gasteiger partial charge in [0.2, 0.25) is 0 Å². The van der Waals surface area contributed by atoms with Crippen LogP contribution in [0.25, 0.3) is 0 Å². The Bertz CT molecular complexity index is 505. The Morgan fingerprint density at radius 1 is 1.42 bits per heavy atom. The molecule has 3 heteroatoms. The van der Waals surface area contributed by atoms with Gasteiger partial charge < -0.3 is 0 Å². The maximum atomic E-state index is 6.24. The number of hydrogen-bond donors (Lipinski definition) is 0. The van der Waals surface area contributed by atoms with Crippen molar-refractivity contribution in [3.63, 3.8) is 0 Å². The number of thiophene rings is 1. The molecule has 1 saturated heterocycles. The molecule has 1 aliphatic carbocycles. The predicted octanol–water partition coefficient (Wildman–Crippen LogP) is 4.09. The lowest BCUT2D eigenvalue weighted by Crippen LogP contribution is -2.46. The van der Waals surface area contributed by atoms with Gasteiger partial charge in [0, 0.05) is 23.4 Å². The molecular formula is C16H20ClNS. The van der Waals surface area contributed by atoms with E-state index in [9.17, 15) is 0 Å². The topological polar surface area (TPSA) is 3.24 Å². The fraction of sp³-hybridized carbons (Fsp3) is 0.625. The van der Waals surface area contributed by atoms with E-state index >= 15 is 0 Å². The summed E-state index contributed by atoms with van der Waals surface area (Å²) >= 11 is 8.05. The number of terminal acetylenes is 1. The molecule has 1 fully saturated rings. The quantitative estimate of drug-likeness (QED) is 0.705. The van der Waals surface area contributed by atoms with Gasteiger partial charge in [0.15, 0.2) is 0 Å². The summed E-state index contributed by atoms with van der Waals surface area (Å²) in [6.45, 7) is 4.38. The van der Waals surface area contributed by atoms with Crippen molar-refractivity contribution in [1.29, 1.82) is 0 Å². The molecule has 102 valence electrons. The van der Waals surface area contributed by atoms with E-state index < -0.39 is 0 Å². The fourth-order valence-corrected chi connectivity index (χ4v) is 5.26. The molecule has 2 heterocycles. The predicted molar refractivity (Wildman–Crippen MR) is 83.0 cm³/mol. The van der Waals surface area contributed by atoms with Crippen LogP contribution in [-0.4, -0.2) is 24.0 Å². The van der Waals surface area contributed by atoms with Crippen molar-refractivity contribution in [3.8, 4) is 12.3 Å². The van der Waals surface area contributed by atoms with Crippen LogP contribution in [0.1, 0.15) is 43.0 Å². The first-order valence-electron chi connectivity index (χ1n) is 7.13. The summed E-state index contributed by atoms with van der Waals surface area (Å²) in [6.07, 6.45) is 11.9. The third-order valence-corrected chi connectivity index (χ3v) is 6.46. The van der Waals surface area contributed by atoms with Crippen LogP contribution >= 0.6 is 22.9 Å². The zero-order chi connectivity index (χ0) is 13.5. The van der Waals surface area contributed by atoms with Gasteiger partial charge in [-0.3, -0.25) is 4.90 Å². The van der Waals surface area contributed by atoms with Gasteiger partial charge in [-0.15, -0.1) is 17.8 Å². The Balaban J connectivity index is 1.82. The highest BCUT2D eigenvalue weighted by Crippen LogP contribution is 2.49. The van der Waals surface area contributed by atoms with Crippen molar-refractivity contribution < 1.29 is 0 Å². The second kappa shape index (κ2) is 5.13. The molecule has 1 aliphatic heterocycles. The van der Waals surface area contributed by atoms with Gasteiger partial charge in [-0.1, -0.05) is 17.5 Å². The van der Waals surface area contributed by atoms with Gasteiger partial charge in [-0.25, -0.2) is 0 Å². The second-order valence-corrected chi connectivity index (χ2v) is 7.60. The van der Waals surface area contributed by atoms with Crippen LogP contribution in [0.5, 0.6) is 0 Å². The molecule has 1 unspecified atom stereocenters. The average molecular weight is 294 g/mol.